The molecule has 0 fully saturated rings. The average molecular weight is 372 g/mol. The molecule has 0 aliphatic carbocycles. The van der Waals surface area contributed by atoms with Gasteiger partial charge < -0.3 is 5.32 Å². The first kappa shape index (κ1) is 16.2. The molecule has 0 radical (unpaired) electrons. The van der Waals surface area contributed by atoms with Gasteiger partial charge in [-0.3, -0.25) is 4.57 Å². The Morgan fingerprint density at radius 2 is 1.78 bits per heavy atom. The van der Waals surface area contributed by atoms with Crippen molar-refractivity contribution >= 4 is 34.3 Å². The van der Waals surface area contributed by atoms with Gasteiger partial charge in [0, 0.05) is 10.7 Å². The van der Waals surface area contributed by atoms with Crippen LogP contribution in [0.3, 0.4) is 0 Å². The number of benzene rings is 3. The van der Waals surface area contributed by atoms with Crippen molar-refractivity contribution in [3.63, 3.8) is 0 Å². The van der Waals surface area contributed by atoms with E-state index in [9.17, 15) is 0 Å². The summed E-state index contributed by atoms with van der Waals surface area (Å²) in [6, 6.07) is 24.9. The van der Waals surface area contributed by atoms with Crippen LogP contribution in [0, 0.1) is 6.92 Å². The van der Waals surface area contributed by atoms with Gasteiger partial charge in [0.25, 0.3) is 0 Å². The van der Waals surface area contributed by atoms with Crippen LogP contribution in [-0.2, 0) is 0 Å². The van der Waals surface area contributed by atoms with Crippen molar-refractivity contribution in [3.05, 3.63) is 101 Å². The molecule has 0 saturated heterocycles. The van der Waals surface area contributed by atoms with Crippen LogP contribution >= 0.6 is 11.6 Å². The molecule has 0 unspecified atom stereocenters. The Balaban J connectivity index is 1.72. The van der Waals surface area contributed by atoms with E-state index < -0.39 is 0 Å². The smallest absolute Gasteiger partial charge is 0.209 e. The zero-order valence-corrected chi connectivity index (χ0v) is 15.6. The second-order valence-corrected chi connectivity index (χ2v) is 7.30. The summed E-state index contributed by atoms with van der Waals surface area (Å²) in [5, 5.41) is 4.24. The maximum Gasteiger partial charge on any atom is 0.209 e. The summed E-state index contributed by atoms with van der Waals surface area (Å²) in [6.45, 7) is 2.13. The standard InChI is InChI=1S/C23H18ClN3/c1-15-5-4-6-17(13-15)22-14-20(16-9-11-18(24)12-10-16)26-23-25-19-7-2-3-8-21(19)27(22)23/h2-14,22H,1H3,(H,25,26)/t22-/m0/s1. The number of nitrogens with zero attached hydrogens (tertiary/aromatic N) is 2. The van der Waals surface area contributed by atoms with E-state index >= 15 is 0 Å². The quantitative estimate of drug-likeness (QED) is 0.464. The molecule has 2 heterocycles. The van der Waals surface area contributed by atoms with Crippen molar-refractivity contribution in [2.24, 2.45) is 0 Å². The molecule has 1 aliphatic heterocycles. The van der Waals surface area contributed by atoms with Gasteiger partial charge in [0.1, 0.15) is 0 Å². The molecule has 3 aromatic carbocycles. The fourth-order valence-corrected chi connectivity index (χ4v) is 3.83. The largest absolute Gasteiger partial charge is 0.325 e. The third-order valence-electron chi connectivity index (χ3n) is 4.98. The number of anilines is 1. The summed E-state index contributed by atoms with van der Waals surface area (Å²) >= 11 is 6.07. The molecule has 0 bridgehead atoms. The third-order valence-corrected chi connectivity index (χ3v) is 5.24. The zero-order chi connectivity index (χ0) is 18.4. The highest BCUT2D eigenvalue weighted by Gasteiger charge is 2.25. The molecule has 27 heavy (non-hydrogen) atoms. The van der Waals surface area contributed by atoms with Crippen LogP contribution in [0.25, 0.3) is 16.7 Å². The molecular formula is C23H18ClN3. The summed E-state index contributed by atoms with van der Waals surface area (Å²) in [5.74, 6) is 0.857. The highest BCUT2D eigenvalue weighted by atomic mass is 35.5. The number of hydrogen-bond donors (Lipinski definition) is 1. The number of aryl methyl sites for hydroxylation is 1. The van der Waals surface area contributed by atoms with Crippen molar-refractivity contribution in [1.82, 2.24) is 9.55 Å². The second-order valence-electron chi connectivity index (χ2n) is 6.87. The number of nitrogens with one attached hydrogen (secondary N) is 1. The number of rotatable bonds is 2. The van der Waals surface area contributed by atoms with Crippen molar-refractivity contribution < 1.29 is 0 Å². The molecule has 0 saturated carbocycles. The van der Waals surface area contributed by atoms with Gasteiger partial charge in [-0.25, -0.2) is 4.98 Å². The lowest BCUT2D eigenvalue weighted by atomic mass is 9.99. The minimum Gasteiger partial charge on any atom is -0.325 e. The lowest BCUT2D eigenvalue weighted by Gasteiger charge is -2.27. The molecule has 3 nitrogen and oxygen atoms in total. The molecule has 4 aromatic rings. The van der Waals surface area contributed by atoms with Crippen LogP contribution in [0.15, 0.2) is 78.9 Å². The zero-order valence-electron chi connectivity index (χ0n) is 14.9. The lowest BCUT2D eigenvalue weighted by molar-refractivity contribution is 0.720. The van der Waals surface area contributed by atoms with Crippen LogP contribution in [0.1, 0.15) is 22.7 Å². The number of halogens is 1. The predicted molar refractivity (Wildman–Crippen MR) is 112 cm³/mol. The van der Waals surface area contributed by atoms with E-state index in [2.05, 4.69) is 65.3 Å². The van der Waals surface area contributed by atoms with Crippen LogP contribution in [0.5, 0.6) is 0 Å². The van der Waals surface area contributed by atoms with Crippen molar-refractivity contribution in [1.29, 1.82) is 0 Å². The fourth-order valence-electron chi connectivity index (χ4n) is 3.71. The van der Waals surface area contributed by atoms with E-state index in [4.69, 9.17) is 16.6 Å². The summed E-state index contributed by atoms with van der Waals surface area (Å²) in [7, 11) is 0. The number of allylic oxidation sites excluding steroid dienone is 1. The topological polar surface area (TPSA) is 29.9 Å². The summed E-state index contributed by atoms with van der Waals surface area (Å²) in [4.78, 5) is 4.83. The first-order valence-corrected chi connectivity index (χ1v) is 9.35. The Hall–Kier alpha value is -3.04. The molecule has 0 spiro atoms. The van der Waals surface area contributed by atoms with E-state index in [1.54, 1.807) is 0 Å². The van der Waals surface area contributed by atoms with Gasteiger partial charge in [-0.2, -0.15) is 0 Å². The Morgan fingerprint density at radius 1 is 0.963 bits per heavy atom. The normalized spacial score (nSPS) is 15.9. The van der Waals surface area contributed by atoms with E-state index in [0.29, 0.717) is 0 Å². The van der Waals surface area contributed by atoms with E-state index in [0.717, 1.165) is 33.3 Å². The summed E-state index contributed by atoms with van der Waals surface area (Å²) in [5.41, 5.74) is 6.74. The molecular weight excluding hydrogens is 354 g/mol. The molecule has 1 aromatic heterocycles. The van der Waals surface area contributed by atoms with Gasteiger partial charge in [0.15, 0.2) is 0 Å². The fraction of sp³-hybridized carbons (Fsp3) is 0.0870. The number of imidazole rings is 1. The van der Waals surface area contributed by atoms with Gasteiger partial charge in [-0.15, -0.1) is 0 Å². The summed E-state index contributed by atoms with van der Waals surface area (Å²) < 4.78 is 2.27. The van der Waals surface area contributed by atoms with Gasteiger partial charge in [-0.1, -0.05) is 65.7 Å². The minimum atomic E-state index is 0.0687. The van der Waals surface area contributed by atoms with Gasteiger partial charge >= 0.3 is 0 Å². The first-order chi connectivity index (χ1) is 13.2. The Kier molecular flexibility index (Phi) is 3.76. The van der Waals surface area contributed by atoms with Gasteiger partial charge in [-0.05, 0) is 48.4 Å². The van der Waals surface area contributed by atoms with Crippen LogP contribution < -0.4 is 5.32 Å². The van der Waals surface area contributed by atoms with Crippen LogP contribution in [-0.4, -0.2) is 9.55 Å². The van der Waals surface area contributed by atoms with Crippen molar-refractivity contribution in [2.45, 2.75) is 13.0 Å². The molecule has 5 rings (SSSR count). The molecule has 4 heteroatoms. The van der Waals surface area contributed by atoms with Crippen LogP contribution in [0.2, 0.25) is 5.02 Å². The molecule has 0 amide bonds. The number of fused-ring (bicyclic) bond motifs is 3. The third kappa shape index (κ3) is 2.81. The molecule has 132 valence electrons. The van der Waals surface area contributed by atoms with Crippen LogP contribution in [0.4, 0.5) is 5.95 Å². The Morgan fingerprint density at radius 3 is 2.59 bits per heavy atom. The average Bonchev–Trinajstić information content (AvgIpc) is 3.06. The highest BCUT2D eigenvalue weighted by Crippen LogP contribution is 2.37. The van der Waals surface area contributed by atoms with Gasteiger partial charge in [0.05, 0.1) is 17.1 Å². The lowest BCUT2D eigenvalue weighted by Crippen LogP contribution is -2.19. The monoisotopic (exact) mass is 371 g/mol. The predicted octanol–water partition coefficient (Wildman–Crippen LogP) is 6.05. The maximum atomic E-state index is 6.07. The van der Waals surface area contributed by atoms with E-state index in [-0.39, 0.29) is 6.04 Å². The maximum absolute atomic E-state index is 6.07. The Labute approximate surface area is 162 Å². The Bertz CT molecular complexity index is 1170. The minimum absolute atomic E-state index is 0.0687. The van der Waals surface area contributed by atoms with Gasteiger partial charge in [0.2, 0.25) is 5.95 Å². The first-order valence-electron chi connectivity index (χ1n) is 8.97. The number of aromatic nitrogens is 2. The van der Waals surface area contributed by atoms with E-state index in [1.165, 1.54) is 11.1 Å². The number of hydrogen-bond acceptors (Lipinski definition) is 2. The second kappa shape index (κ2) is 6.29. The van der Waals surface area contributed by atoms with E-state index in [1.807, 2.05) is 30.3 Å². The molecule has 1 aliphatic rings. The number of para-hydroxylation sites is 2. The van der Waals surface area contributed by atoms with Crippen molar-refractivity contribution in [2.75, 3.05) is 5.32 Å². The molecule has 1 atom stereocenters. The highest BCUT2D eigenvalue weighted by molar-refractivity contribution is 6.30. The molecule has 1 N–H and O–H groups in total. The summed E-state index contributed by atoms with van der Waals surface area (Å²) in [6.07, 6.45) is 2.26. The SMILES string of the molecule is Cc1cccc([C@@H]2C=C(c3ccc(Cl)cc3)Nc3nc4ccccc4n32)c1. The van der Waals surface area contributed by atoms with Crippen molar-refractivity contribution in [3.8, 4) is 0 Å².